The smallest absolute Gasteiger partial charge is 0.198 e. The SMILES string of the molecule is Cc1ccsc1CNc1ccc2oc(C3CC3)nc2c1. The highest BCUT2D eigenvalue weighted by Crippen LogP contribution is 2.40. The number of anilines is 1. The molecular weight excluding hydrogens is 268 g/mol. The molecule has 1 aromatic carbocycles. The highest BCUT2D eigenvalue weighted by Gasteiger charge is 2.28. The number of aryl methyl sites for hydroxylation is 1. The van der Waals surface area contributed by atoms with Gasteiger partial charge in [0.25, 0.3) is 0 Å². The second kappa shape index (κ2) is 4.63. The van der Waals surface area contributed by atoms with Crippen LogP contribution in [0.1, 0.15) is 35.1 Å². The number of nitrogens with one attached hydrogen (secondary N) is 1. The lowest BCUT2D eigenvalue weighted by Gasteiger charge is -2.05. The fourth-order valence-corrected chi connectivity index (χ4v) is 3.17. The van der Waals surface area contributed by atoms with Crippen LogP contribution in [-0.2, 0) is 6.54 Å². The van der Waals surface area contributed by atoms with Crippen molar-refractivity contribution in [3.8, 4) is 0 Å². The number of hydrogen-bond acceptors (Lipinski definition) is 4. The van der Waals surface area contributed by atoms with Gasteiger partial charge in [-0.15, -0.1) is 11.3 Å². The van der Waals surface area contributed by atoms with Crippen molar-refractivity contribution in [2.45, 2.75) is 32.2 Å². The predicted molar refractivity (Wildman–Crippen MR) is 82.4 cm³/mol. The zero-order valence-electron chi connectivity index (χ0n) is 11.3. The zero-order valence-corrected chi connectivity index (χ0v) is 12.2. The molecule has 2 aromatic heterocycles. The minimum atomic E-state index is 0.563. The standard InChI is InChI=1S/C16H16N2OS/c1-10-6-7-20-15(10)9-17-12-4-5-14-13(8-12)18-16(19-14)11-2-3-11/h4-8,11,17H,2-3,9H2,1H3. The monoisotopic (exact) mass is 284 g/mol. The molecule has 0 atom stereocenters. The molecule has 3 nitrogen and oxygen atoms in total. The van der Waals surface area contributed by atoms with Gasteiger partial charge in [0.05, 0.1) is 0 Å². The van der Waals surface area contributed by atoms with Crippen molar-refractivity contribution in [1.82, 2.24) is 4.98 Å². The van der Waals surface area contributed by atoms with Crippen molar-refractivity contribution >= 4 is 28.1 Å². The van der Waals surface area contributed by atoms with E-state index in [-0.39, 0.29) is 0 Å². The van der Waals surface area contributed by atoms with Gasteiger partial charge in [-0.2, -0.15) is 0 Å². The molecule has 0 amide bonds. The average Bonchev–Trinajstić information content (AvgIpc) is 3.09. The largest absolute Gasteiger partial charge is 0.440 e. The number of oxazole rings is 1. The summed E-state index contributed by atoms with van der Waals surface area (Å²) < 4.78 is 5.78. The van der Waals surface area contributed by atoms with Crippen molar-refractivity contribution in [2.24, 2.45) is 0 Å². The van der Waals surface area contributed by atoms with Gasteiger partial charge in [0, 0.05) is 23.0 Å². The molecule has 3 aromatic rings. The van der Waals surface area contributed by atoms with E-state index in [0.29, 0.717) is 5.92 Å². The quantitative estimate of drug-likeness (QED) is 0.755. The van der Waals surface area contributed by atoms with Crippen LogP contribution in [0.4, 0.5) is 5.69 Å². The van der Waals surface area contributed by atoms with Gasteiger partial charge in [-0.25, -0.2) is 4.98 Å². The number of fused-ring (bicyclic) bond motifs is 1. The van der Waals surface area contributed by atoms with Gasteiger partial charge < -0.3 is 9.73 Å². The number of hydrogen-bond donors (Lipinski definition) is 1. The van der Waals surface area contributed by atoms with E-state index in [2.05, 4.69) is 40.8 Å². The molecule has 1 saturated carbocycles. The Bertz CT molecular complexity index is 755. The molecule has 102 valence electrons. The lowest BCUT2D eigenvalue weighted by atomic mass is 10.2. The van der Waals surface area contributed by atoms with Crippen LogP contribution in [0.3, 0.4) is 0 Å². The van der Waals surface area contributed by atoms with Gasteiger partial charge >= 0.3 is 0 Å². The molecule has 0 spiro atoms. The molecule has 0 radical (unpaired) electrons. The third-order valence-electron chi connectivity index (χ3n) is 3.75. The van der Waals surface area contributed by atoms with Gasteiger partial charge in [0.15, 0.2) is 11.5 Å². The number of nitrogens with zero attached hydrogens (tertiary/aromatic N) is 1. The summed E-state index contributed by atoms with van der Waals surface area (Å²) >= 11 is 1.79. The molecular formula is C16H16N2OS. The minimum Gasteiger partial charge on any atom is -0.440 e. The third kappa shape index (κ3) is 2.20. The van der Waals surface area contributed by atoms with E-state index >= 15 is 0 Å². The molecule has 0 bridgehead atoms. The van der Waals surface area contributed by atoms with E-state index in [9.17, 15) is 0 Å². The van der Waals surface area contributed by atoms with Crippen LogP contribution in [0.2, 0.25) is 0 Å². The fraction of sp³-hybridized carbons (Fsp3) is 0.312. The first kappa shape index (κ1) is 12.0. The maximum absolute atomic E-state index is 5.78. The van der Waals surface area contributed by atoms with E-state index in [1.165, 1.54) is 23.3 Å². The summed E-state index contributed by atoms with van der Waals surface area (Å²) in [5, 5.41) is 5.60. The van der Waals surface area contributed by atoms with Crippen LogP contribution >= 0.6 is 11.3 Å². The van der Waals surface area contributed by atoms with E-state index in [4.69, 9.17) is 4.42 Å². The molecule has 20 heavy (non-hydrogen) atoms. The van der Waals surface area contributed by atoms with Crippen molar-refractivity contribution in [3.05, 3.63) is 46.0 Å². The Morgan fingerprint density at radius 2 is 2.25 bits per heavy atom. The van der Waals surface area contributed by atoms with Gasteiger partial charge in [-0.1, -0.05) is 0 Å². The van der Waals surface area contributed by atoms with Gasteiger partial charge in [-0.05, 0) is 55.0 Å². The van der Waals surface area contributed by atoms with E-state index < -0.39 is 0 Å². The van der Waals surface area contributed by atoms with Crippen molar-refractivity contribution in [3.63, 3.8) is 0 Å². The summed E-state index contributed by atoms with van der Waals surface area (Å²) in [5.41, 5.74) is 4.30. The Morgan fingerprint density at radius 1 is 1.35 bits per heavy atom. The lowest BCUT2D eigenvalue weighted by Crippen LogP contribution is -1.98. The highest BCUT2D eigenvalue weighted by molar-refractivity contribution is 7.10. The first-order valence-electron chi connectivity index (χ1n) is 6.97. The third-order valence-corrected chi connectivity index (χ3v) is 4.77. The Balaban J connectivity index is 1.55. The van der Waals surface area contributed by atoms with Crippen LogP contribution in [0.25, 0.3) is 11.1 Å². The number of benzene rings is 1. The normalized spacial score (nSPS) is 14.8. The van der Waals surface area contributed by atoms with Crippen LogP contribution in [0.5, 0.6) is 0 Å². The number of rotatable bonds is 4. The molecule has 2 heterocycles. The maximum Gasteiger partial charge on any atom is 0.198 e. The predicted octanol–water partition coefficient (Wildman–Crippen LogP) is 4.69. The summed E-state index contributed by atoms with van der Waals surface area (Å²) in [5.74, 6) is 1.47. The molecule has 0 unspecified atom stereocenters. The molecule has 1 N–H and O–H groups in total. The Kier molecular flexibility index (Phi) is 2.77. The summed E-state index contributed by atoms with van der Waals surface area (Å²) in [4.78, 5) is 5.97. The first-order valence-corrected chi connectivity index (χ1v) is 7.85. The van der Waals surface area contributed by atoms with Crippen molar-refractivity contribution < 1.29 is 4.42 Å². The van der Waals surface area contributed by atoms with Gasteiger partial charge in [0.2, 0.25) is 0 Å². The Labute approximate surface area is 121 Å². The van der Waals surface area contributed by atoms with Gasteiger partial charge in [0.1, 0.15) is 5.52 Å². The second-order valence-corrected chi connectivity index (χ2v) is 6.39. The molecule has 0 aliphatic heterocycles. The van der Waals surface area contributed by atoms with Crippen molar-refractivity contribution in [2.75, 3.05) is 5.32 Å². The summed E-state index contributed by atoms with van der Waals surface area (Å²) in [6.07, 6.45) is 2.44. The van der Waals surface area contributed by atoms with E-state index in [1.807, 2.05) is 6.07 Å². The molecule has 4 rings (SSSR count). The molecule has 4 heteroatoms. The Hall–Kier alpha value is -1.81. The zero-order chi connectivity index (χ0) is 13.5. The van der Waals surface area contributed by atoms with E-state index in [0.717, 1.165) is 29.2 Å². The Morgan fingerprint density at radius 3 is 3.00 bits per heavy atom. The van der Waals surface area contributed by atoms with Gasteiger partial charge in [-0.3, -0.25) is 0 Å². The highest BCUT2D eigenvalue weighted by atomic mass is 32.1. The van der Waals surface area contributed by atoms with Crippen LogP contribution in [0.15, 0.2) is 34.1 Å². The average molecular weight is 284 g/mol. The van der Waals surface area contributed by atoms with E-state index in [1.54, 1.807) is 11.3 Å². The number of thiophene rings is 1. The van der Waals surface area contributed by atoms with Crippen LogP contribution in [-0.4, -0.2) is 4.98 Å². The second-order valence-electron chi connectivity index (χ2n) is 5.39. The molecule has 1 fully saturated rings. The van der Waals surface area contributed by atoms with Crippen molar-refractivity contribution in [1.29, 1.82) is 0 Å². The summed E-state index contributed by atoms with van der Waals surface area (Å²) in [7, 11) is 0. The fourth-order valence-electron chi connectivity index (χ4n) is 2.33. The number of aromatic nitrogens is 1. The maximum atomic E-state index is 5.78. The molecule has 0 saturated heterocycles. The summed E-state index contributed by atoms with van der Waals surface area (Å²) in [6, 6.07) is 8.31. The van der Waals surface area contributed by atoms with Crippen LogP contribution < -0.4 is 5.32 Å². The topological polar surface area (TPSA) is 38.1 Å². The molecule has 1 aliphatic rings. The van der Waals surface area contributed by atoms with Crippen LogP contribution in [0, 0.1) is 6.92 Å². The lowest BCUT2D eigenvalue weighted by molar-refractivity contribution is 0.533. The minimum absolute atomic E-state index is 0.563. The molecule has 1 aliphatic carbocycles. The first-order chi connectivity index (χ1) is 9.79. The summed E-state index contributed by atoms with van der Waals surface area (Å²) in [6.45, 7) is 3.01.